The first-order chi connectivity index (χ1) is 14.6. The highest BCUT2D eigenvalue weighted by molar-refractivity contribution is 5.63. The van der Waals surface area contributed by atoms with Gasteiger partial charge in [0.1, 0.15) is 11.7 Å². The second kappa shape index (κ2) is 10.7. The van der Waals surface area contributed by atoms with Gasteiger partial charge in [-0.15, -0.1) is 0 Å². The van der Waals surface area contributed by atoms with Crippen molar-refractivity contribution in [3.8, 4) is 11.1 Å². The highest BCUT2D eigenvalue weighted by Crippen LogP contribution is 2.48. The van der Waals surface area contributed by atoms with Crippen LogP contribution in [-0.4, -0.2) is 0 Å². The fourth-order valence-electron chi connectivity index (χ4n) is 4.45. The molecule has 0 aromatic heterocycles. The van der Waals surface area contributed by atoms with E-state index in [2.05, 4.69) is 6.92 Å². The molecule has 0 N–H and O–H groups in total. The van der Waals surface area contributed by atoms with Crippen LogP contribution in [0.15, 0.2) is 78.4 Å². The molecule has 0 bridgehead atoms. The molecule has 0 fully saturated rings. The van der Waals surface area contributed by atoms with Crippen molar-refractivity contribution in [2.24, 2.45) is 5.41 Å². The third-order valence-electron chi connectivity index (χ3n) is 6.51. The zero-order chi connectivity index (χ0) is 21.4. The van der Waals surface area contributed by atoms with Gasteiger partial charge in [-0.3, -0.25) is 0 Å². The third-order valence-corrected chi connectivity index (χ3v) is 6.51. The second-order valence-corrected chi connectivity index (χ2v) is 8.51. The number of hydrogen-bond donors (Lipinski definition) is 0. The summed E-state index contributed by atoms with van der Waals surface area (Å²) in [6.45, 7) is 4.16. The molecule has 1 aliphatic rings. The van der Waals surface area contributed by atoms with Gasteiger partial charge in [-0.25, -0.2) is 8.78 Å². The Kier molecular flexibility index (Phi) is 8.01. The van der Waals surface area contributed by atoms with Crippen LogP contribution in [0, 0.1) is 5.41 Å². The van der Waals surface area contributed by atoms with Crippen LogP contribution in [0.25, 0.3) is 11.1 Å². The standard InChI is InChI=1S/C28H34F2/c1-3-5-6-7-8-12-20-28(4-2)21-19-25(26(29)27(28)30)24-17-15-23(16-18-24)22-13-10-9-11-14-22/h9-11,13-19,21,25H,3-8,12,20H2,1-2H3. The van der Waals surface area contributed by atoms with Gasteiger partial charge in [0.15, 0.2) is 0 Å². The van der Waals surface area contributed by atoms with Gasteiger partial charge in [0.2, 0.25) is 0 Å². The smallest absolute Gasteiger partial charge is 0.143 e. The lowest BCUT2D eigenvalue weighted by Gasteiger charge is -2.33. The van der Waals surface area contributed by atoms with Crippen molar-refractivity contribution in [1.29, 1.82) is 0 Å². The van der Waals surface area contributed by atoms with Crippen molar-refractivity contribution < 1.29 is 8.78 Å². The molecule has 2 aromatic carbocycles. The largest absolute Gasteiger partial charge is 0.208 e. The Hall–Kier alpha value is -2.22. The Morgan fingerprint density at radius 1 is 0.767 bits per heavy atom. The minimum absolute atomic E-state index is 0.557. The zero-order valence-corrected chi connectivity index (χ0v) is 18.3. The fraction of sp³-hybridized carbons (Fsp3) is 0.429. The van der Waals surface area contributed by atoms with E-state index in [1.165, 1.54) is 25.7 Å². The van der Waals surface area contributed by atoms with Crippen molar-refractivity contribution in [3.05, 3.63) is 84.0 Å². The van der Waals surface area contributed by atoms with Crippen LogP contribution in [0.4, 0.5) is 8.78 Å². The molecule has 1 aliphatic carbocycles. The maximum Gasteiger partial charge on any atom is 0.143 e. The van der Waals surface area contributed by atoms with E-state index in [9.17, 15) is 0 Å². The first-order valence-corrected chi connectivity index (χ1v) is 11.5. The van der Waals surface area contributed by atoms with E-state index in [0.29, 0.717) is 12.8 Å². The maximum atomic E-state index is 15.3. The lowest BCUT2D eigenvalue weighted by atomic mass is 9.73. The molecule has 2 unspecified atom stereocenters. The summed E-state index contributed by atoms with van der Waals surface area (Å²) in [5.74, 6) is -1.80. The van der Waals surface area contributed by atoms with Crippen LogP contribution >= 0.6 is 0 Å². The molecular weight excluding hydrogens is 374 g/mol. The first kappa shape index (κ1) is 22.5. The molecule has 0 saturated carbocycles. The lowest BCUT2D eigenvalue weighted by Crippen LogP contribution is -2.23. The molecule has 0 heterocycles. The number of hydrogen-bond acceptors (Lipinski definition) is 0. The van der Waals surface area contributed by atoms with Crippen molar-refractivity contribution >= 4 is 0 Å². The van der Waals surface area contributed by atoms with Gasteiger partial charge >= 0.3 is 0 Å². The Morgan fingerprint density at radius 3 is 2.07 bits per heavy atom. The molecule has 30 heavy (non-hydrogen) atoms. The van der Waals surface area contributed by atoms with Gasteiger partial charge in [-0.2, -0.15) is 0 Å². The molecule has 0 spiro atoms. The van der Waals surface area contributed by atoms with E-state index in [-0.39, 0.29) is 0 Å². The molecule has 160 valence electrons. The predicted molar refractivity (Wildman–Crippen MR) is 124 cm³/mol. The molecular formula is C28H34F2. The average Bonchev–Trinajstić information content (AvgIpc) is 2.80. The van der Waals surface area contributed by atoms with Crippen LogP contribution in [0.1, 0.15) is 76.7 Å². The van der Waals surface area contributed by atoms with Crippen LogP contribution in [-0.2, 0) is 0 Å². The first-order valence-electron chi connectivity index (χ1n) is 11.5. The van der Waals surface area contributed by atoms with Crippen LogP contribution in [0.5, 0.6) is 0 Å². The van der Waals surface area contributed by atoms with Gasteiger partial charge in [-0.05, 0) is 29.5 Å². The molecule has 0 aliphatic heterocycles. The topological polar surface area (TPSA) is 0 Å². The normalized spacial score (nSPS) is 21.3. The van der Waals surface area contributed by atoms with Crippen LogP contribution < -0.4 is 0 Å². The summed E-state index contributed by atoms with van der Waals surface area (Å²) in [7, 11) is 0. The summed E-state index contributed by atoms with van der Waals surface area (Å²) >= 11 is 0. The lowest BCUT2D eigenvalue weighted by molar-refractivity contribution is 0.283. The van der Waals surface area contributed by atoms with Crippen molar-refractivity contribution in [3.63, 3.8) is 0 Å². The summed E-state index contributed by atoms with van der Waals surface area (Å²) in [6.07, 6.45) is 12.0. The summed E-state index contributed by atoms with van der Waals surface area (Å²) < 4.78 is 30.4. The molecule has 0 nitrogen and oxygen atoms in total. The molecule has 3 rings (SSSR count). The quantitative estimate of drug-likeness (QED) is 0.271. The molecule has 0 radical (unpaired) electrons. The van der Waals surface area contributed by atoms with Crippen molar-refractivity contribution in [2.75, 3.05) is 0 Å². The summed E-state index contributed by atoms with van der Waals surface area (Å²) in [5.41, 5.74) is 2.22. The number of rotatable bonds is 10. The zero-order valence-electron chi connectivity index (χ0n) is 18.3. The van der Waals surface area contributed by atoms with Crippen molar-refractivity contribution in [1.82, 2.24) is 0 Å². The number of allylic oxidation sites excluding steroid dienone is 4. The van der Waals surface area contributed by atoms with E-state index in [1.807, 2.05) is 73.7 Å². The third kappa shape index (κ3) is 5.09. The van der Waals surface area contributed by atoms with E-state index >= 15 is 8.78 Å². The summed E-state index contributed by atoms with van der Waals surface area (Å²) in [4.78, 5) is 0. The number of benzene rings is 2. The average molecular weight is 409 g/mol. The van der Waals surface area contributed by atoms with Gasteiger partial charge in [0, 0.05) is 5.41 Å². The van der Waals surface area contributed by atoms with E-state index in [0.717, 1.165) is 29.5 Å². The minimum atomic E-state index is -0.769. The molecule has 2 aromatic rings. The summed E-state index contributed by atoms with van der Waals surface area (Å²) in [6, 6.07) is 17.9. The van der Waals surface area contributed by atoms with E-state index in [4.69, 9.17) is 0 Å². The van der Waals surface area contributed by atoms with E-state index < -0.39 is 23.0 Å². The van der Waals surface area contributed by atoms with E-state index in [1.54, 1.807) is 0 Å². The second-order valence-electron chi connectivity index (χ2n) is 8.51. The molecule has 2 heteroatoms. The highest BCUT2D eigenvalue weighted by Gasteiger charge is 2.38. The Morgan fingerprint density at radius 2 is 1.40 bits per heavy atom. The SMILES string of the molecule is CCCCCCCCC1(CC)C=CC(c2ccc(-c3ccccc3)cc2)C(F)=C1F. The van der Waals surface area contributed by atoms with Gasteiger partial charge < -0.3 is 0 Å². The number of unbranched alkanes of at least 4 members (excludes halogenated alkanes) is 5. The van der Waals surface area contributed by atoms with Crippen LogP contribution in [0.3, 0.4) is 0 Å². The maximum absolute atomic E-state index is 15.3. The predicted octanol–water partition coefficient (Wildman–Crippen LogP) is 9.30. The van der Waals surface area contributed by atoms with Gasteiger partial charge in [-0.1, -0.05) is 119 Å². The van der Waals surface area contributed by atoms with Crippen molar-refractivity contribution in [2.45, 2.75) is 71.1 Å². The number of halogens is 2. The minimum Gasteiger partial charge on any atom is -0.208 e. The summed E-state index contributed by atoms with van der Waals surface area (Å²) in [5, 5.41) is 0. The van der Waals surface area contributed by atoms with Gasteiger partial charge in [0.25, 0.3) is 0 Å². The highest BCUT2D eigenvalue weighted by atomic mass is 19.2. The molecule has 2 atom stereocenters. The Bertz CT molecular complexity index is 848. The molecule has 0 amide bonds. The van der Waals surface area contributed by atoms with Crippen LogP contribution in [0.2, 0.25) is 0 Å². The van der Waals surface area contributed by atoms with Gasteiger partial charge in [0.05, 0.1) is 5.92 Å². The molecule has 0 saturated heterocycles. The monoisotopic (exact) mass is 408 g/mol. The fourth-order valence-corrected chi connectivity index (χ4v) is 4.45. The Balaban J connectivity index is 1.70. The Labute approximate surface area is 180 Å².